The molecule has 2 atom stereocenters. The lowest BCUT2D eigenvalue weighted by Crippen LogP contribution is -2.50. The first-order valence-corrected chi connectivity index (χ1v) is 10.3. The Bertz CT molecular complexity index is 860. The van der Waals surface area contributed by atoms with Crippen molar-refractivity contribution in [3.8, 4) is 0 Å². The van der Waals surface area contributed by atoms with Gasteiger partial charge in [-0.2, -0.15) is 0 Å². The highest BCUT2D eigenvalue weighted by molar-refractivity contribution is 7.13. The van der Waals surface area contributed by atoms with Crippen molar-refractivity contribution in [2.24, 2.45) is 0 Å². The summed E-state index contributed by atoms with van der Waals surface area (Å²) in [5.74, 6) is -0.911. The van der Waals surface area contributed by atoms with Crippen LogP contribution in [-0.4, -0.2) is 52.8 Å². The highest BCUT2D eigenvalue weighted by Gasteiger charge is 2.44. The Hall–Kier alpha value is -2.67. The average Bonchev–Trinajstić information content (AvgIpc) is 3.36. The third-order valence-electron chi connectivity index (χ3n) is 5.53. The molecule has 2 fully saturated rings. The molecule has 1 aromatic heterocycles. The second-order valence-electron chi connectivity index (χ2n) is 7.19. The van der Waals surface area contributed by atoms with E-state index in [0.29, 0.717) is 30.8 Å². The van der Waals surface area contributed by atoms with Gasteiger partial charge in [0.15, 0.2) is 0 Å². The second kappa shape index (κ2) is 7.75. The van der Waals surface area contributed by atoms with E-state index in [2.05, 4.69) is 0 Å². The minimum Gasteiger partial charge on any atom is -0.439 e. The molecule has 0 radical (unpaired) electrons. The first-order valence-electron chi connectivity index (χ1n) is 9.47. The van der Waals surface area contributed by atoms with E-state index in [4.69, 9.17) is 4.74 Å². The Morgan fingerprint density at radius 1 is 1.07 bits per heavy atom. The van der Waals surface area contributed by atoms with E-state index in [1.165, 1.54) is 11.3 Å². The molecule has 3 heterocycles. The fraction of sp³-hybridized carbons (Fsp3) is 0.381. The first-order chi connectivity index (χ1) is 13.6. The maximum Gasteiger partial charge on any atom is 0.411 e. The molecule has 2 aliphatic heterocycles. The zero-order chi connectivity index (χ0) is 19.7. The van der Waals surface area contributed by atoms with Crippen LogP contribution in [0.4, 0.5) is 4.79 Å². The summed E-state index contributed by atoms with van der Waals surface area (Å²) in [5.41, 5.74) is 0.986. The molecule has 0 bridgehead atoms. The summed E-state index contributed by atoms with van der Waals surface area (Å²) in [6, 6.07) is 13.1. The van der Waals surface area contributed by atoms with Crippen LogP contribution in [0.25, 0.3) is 0 Å². The Morgan fingerprint density at radius 2 is 1.79 bits per heavy atom. The summed E-state index contributed by atoms with van der Waals surface area (Å²) in [7, 11) is 0. The van der Waals surface area contributed by atoms with Crippen molar-refractivity contribution in [1.29, 1.82) is 0 Å². The number of amides is 2. The van der Waals surface area contributed by atoms with E-state index in [9.17, 15) is 14.4 Å². The third-order valence-corrected chi connectivity index (χ3v) is 6.40. The number of hydrogen-bond acceptors (Lipinski definition) is 5. The van der Waals surface area contributed by atoms with Crippen LogP contribution in [0.2, 0.25) is 0 Å². The summed E-state index contributed by atoms with van der Waals surface area (Å²) < 4.78 is 5.64. The summed E-state index contributed by atoms with van der Waals surface area (Å²) in [4.78, 5) is 41.1. The van der Waals surface area contributed by atoms with E-state index >= 15 is 0 Å². The number of benzene rings is 1. The molecule has 146 valence electrons. The van der Waals surface area contributed by atoms with Gasteiger partial charge >= 0.3 is 6.09 Å². The monoisotopic (exact) mass is 398 g/mol. The molecular weight excluding hydrogens is 376 g/mol. The quantitative estimate of drug-likeness (QED) is 0.584. The molecule has 2 amide bonds. The van der Waals surface area contributed by atoms with Gasteiger partial charge in [0.1, 0.15) is 6.10 Å². The Kier molecular flexibility index (Phi) is 5.17. The van der Waals surface area contributed by atoms with Crippen LogP contribution in [0.1, 0.15) is 41.1 Å². The van der Waals surface area contributed by atoms with Crippen molar-refractivity contribution in [1.82, 2.24) is 9.80 Å². The molecule has 0 spiro atoms. The molecule has 4 rings (SSSR count). The van der Waals surface area contributed by atoms with Crippen molar-refractivity contribution in [2.75, 3.05) is 13.1 Å². The maximum atomic E-state index is 12.5. The van der Waals surface area contributed by atoms with Gasteiger partial charge in [0.05, 0.1) is 10.9 Å². The Labute approximate surface area is 167 Å². The molecule has 0 N–H and O–H groups in total. The highest BCUT2D eigenvalue weighted by atomic mass is 32.1. The minimum atomic E-state index is -0.458. The molecular formula is C21H22N2O4S. The van der Waals surface area contributed by atoms with Gasteiger partial charge < -0.3 is 9.64 Å². The third kappa shape index (κ3) is 3.42. The van der Waals surface area contributed by atoms with Crippen molar-refractivity contribution in [2.45, 2.75) is 38.0 Å². The normalized spacial score (nSPS) is 23.0. The lowest BCUT2D eigenvalue weighted by molar-refractivity contribution is -0.127. The van der Waals surface area contributed by atoms with Crippen molar-refractivity contribution >= 4 is 29.1 Å². The predicted octanol–water partition coefficient (Wildman–Crippen LogP) is 3.50. The number of piperidine rings is 1. The number of ketones is 1. The van der Waals surface area contributed by atoms with Gasteiger partial charge in [0.25, 0.3) is 11.7 Å². The number of likely N-dealkylation sites (tertiary alicyclic amines) is 1. The van der Waals surface area contributed by atoms with E-state index in [-0.39, 0.29) is 24.3 Å². The zero-order valence-corrected chi connectivity index (χ0v) is 16.4. The van der Waals surface area contributed by atoms with Crippen LogP contribution in [-0.2, 0) is 9.53 Å². The van der Waals surface area contributed by atoms with Crippen molar-refractivity contribution < 1.29 is 19.1 Å². The summed E-state index contributed by atoms with van der Waals surface area (Å²) in [6.07, 6.45) is 0.698. The topological polar surface area (TPSA) is 66.9 Å². The summed E-state index contributed by atoms with van der Waals surface area (Å²) >= 11 is 1.28. The first kappa shape index (κ1) is 18.7. The fourth-order valence-electron chi connectivity index (χ4n) is 4.05. The van der Waals surface area contributed by atoms with Gasteiger partial charge in [-0.1, -0.05) is 36.4 Å². The molecule has 1 aromatic carbocycles. The average molecular weight is 398 g/mol. The van der Waals surface area contributed by atoms with Crippen LogP contribution in [0.3, 0.4) is 0 Å². The fourth-order valence-corrected chi connectivity index (χ4v) is 4.71. The van der Waals surface area contributed by atoms with Crippen LogP contribution in [0, 0.1) is 0 Å². The zero-order valence-electron chi connectivity index (χ0n) is 15.6. The van der Waals surface area contributed by atoms with Gasteiger partial charge in [0.2, 0.25) is 0 Å². The number of thiophene rings is 1. The molecule has 0 saturated carbocycles. The summed E-state index contributed by atoms with van der Waals surface area (Å²) in [6.45, 7) is 2.93. The van der Waals surface area contributed by atoms with Crippen LogP contribution >= 0.6 is 11.3 Å². The Morgan fingerprint density at radius 3 is 2.43 bits per heavy atom. The lowest BCUT2D eigenvalue weighted by atomic mass is 9.98. The van der Waals surface area contributed by atoms with Crippen LogP contribution < -0.4 is 0 Å². The van der Waals surface area contributed by atoms with Crippen LogP contribution in [0.15, 0.2) is 47.8 Å². The van der Waals surface area contributed by atoms with E-state index in [0.717, 1.165) is 5.56 Å². The lowest BCUT2D eigenvalue weighted by Gasteiger charge is -2.37. The molecule has 2 aromatic rings. The number of carbonyl (C=O) groups is 3. The molecule has 28 heavy (non-hydrogen) atoms. The number of rotatable bonds is 4. The van der Waals surface area contributed by atoms with Gasteiger partial charge in [-0.3, -0.25) is 14.5 Å². The molecule has 7 heteroatoms. The number of hydrogen-bond donors (Lipinski definition) is 0. The van der Waals surface area contributed by atoms with E-state index in [1.807, 2.05) is 37.3 Å². The predicted molar refractivity (Wildman–Crippen MR) is 105 cm³/mol. The Balaban J connectivity index is 1.39. The van der Waals surface area contributed by atoms with E-state index < -0.39 is 11.7 Å². The number of nitrogens with zero attached hydrogens (tertiary/aromatic N) is 2. The van der Waals surface area contributed by atoms with Gasteiger partial charge in [-0.25, -0.2) is 4.79 Å². The van der Waals surface area contributed by atoms with Gasteiger partial charge in [-0.05, 0) is 36.8 Å². The number of carbonyl (C=O) groups excluding carboxylic acids is 3. The van der Waals surface area contributed by atoms with Gasteiger partial charge in [-0.15, -0.1) is 11.3 Å². The van der Waals surface area contributed by atoms with Crippen molar-refractivity contribution in [3.05, 3.63) is 58.3 Å². The molecule has 2 aliphatic rings. The summed E-state index contributed by atoms with van der Waals surface area (Å²) in [5, 5.41) is 1.79. The van der Waals surface area contributed by atoms with Crippen molar-refractivity contribution in [3.63, 3.8) is 0 Å². The number of ether oxygens (including phenoxy) is 1. The maximum absolute atomic E-state index is 12.5. The standard InChI is InChI=1S/C21H22N2O4S/c1-14-19(15-6-3-2-4-7-15)27-21(26)23(14)16-9-11-22(12-10-16)20(25)18(24)17-8-5-13-28-17/h2-8,13-14,16,19H,9-12H2,1H3. The van der Waals surface area contributed by atoms with Crippen LogP contribution in [0.5, 0.6) is 0 Å². The number of Topliss-reactive ketones (excluding diaryl/α,β-unsaturated/α-hetero) is 1. The largest absolute Gasteiger partial charge is 0.439 e. The highest BCUT2D eigenvalue weighted by Crippen LogP contribution is 2.35. The SMILES string of the molecule is CC1C(c2ccccc2)OC(=O)N1C1CCN(C(=O)C(=O)c2cccs2)CC1. The number of cyclic esters (lactones) is 1. The smallest absolute Gasteiger partial charge is 0.411 e. The molecule has 0 aliphatic carbocycles. The molecule has 6 nitrogen and oxygen atoms in total. The minimum absolute atomic E-state index is 0.0112. The molecule has 2 saturated heterocycles. The van der Waals surface area contributed by atoms with Gasteiger partial charge in [0, 0.05) is 19.1 Å². The second-order valence-corrected chi connectivity index (χ2v) is 8.14. The molecule has 2 unspecified atom stereocenters. The van der Waals surface area contributed by atoms with E-state index in [1.54, 1.807) is 27.3 Å².